The van der Waals surface area contributed by atoms with Crippen molar-refractivity contribution < 1.29 is 4.79 Å². The molecule has 1 aromatic heterocycles. The number of primary amides is 1. The van der Waals surface area contributed by atoms with Crippen LogP contribution in [0.5, 0.6) is 0 Å². The summed E-state index contributed by atoms with van der Waals surface area (Å²) < 4.78 is 1.38. The molecule has 0 saturated heterocycles. The van der Waals surface area contributed by atoms with Gasteiger partial charge in [0.15, 0.2) is 0 Å². The van der Waals surface area contributed by atoms with Crippen molar-refractivity contribution in [1.82, 2.24) is 9.78 Å². The fraction of sp³-hybridized carbons (Fsp3) is 0.250. The first kappa shape index (κ1) is 10.1. The van der Waals surface area contributed by atoms with E-state index in [9.17, 15) is 4.79 Å². The molecule has 6 N–H and O–H groups in total. The zero-order chi connectivity index (χ0) is 10.9. The second-order valence-electron chi connectivity index (χ2n) is 2.99. The van der Waals surface area contributed by atoms with Gasteiger partial charge in [-0.1, -0.05) is 0 Å². The van der Waals surface area contributed by atoms with Gasteiger partial charge in [-0.05, 0) is 13.8 Å². The summed E-state index contributed by atoms with van der Waals surface area (Å²) in [6, 6.07) is 1.68. The third kappa shape index (κ3) is 1.68. The Labute approximate surface area is 81.4 Å². The van der Waals surface area contributed by atoms with E-state index in [-0.39, 0.29) is 5.70 Å². The molecule has 0 aliphatic rings. The van der Waals surface area contributed by atoms with Gasteiger partial charge in [-0.3, -0.25) is 4.79 Å². The van der Waals surface area contributed by atoms with E-state index in [1.807, 2.05) is 0 Å². The third-order valence-corrected chi connectivity index (χ3v) is 1.83. The number of hydrogen-bond acceptors (Lipinski definition) is 4. The molecule has 6 heteroatoms. The van der Waals surface area contributed by atoms with Gasteiger partial charge < -0.3 is 17.2 Å². The van der Waals surface area contributed by atoms with Crippen LogP contribution in [-0.4, -0.2) is 15.7 Å². The molecule has 0 aromatic carbocycles. The van der Waals surface area contributed by atoms with Crippen molar-refractivity contribution in [2.45, 2.75) is 13.8 Å². The zero-order valence-electron chi connectivity index (χ0n) is 8.11. The Balaban J connectivity index is 3.24. The molecular weight excluding hydrogens is 182 g/mol. The Bertz CT molecular complexity index is 404. The van der Waals surface area contributed by atoms with Crippen molar-refractivity contribution in [3.63, 3.8) is 0 Å². The number of anilines is 1. The van der Waals surface area contributed by atoms with Crippen LogP contribution < -0.4 is 17.2 Å². The fourth-order valence-electron chi connectivity index (χ4n) is 1.08. The number of nitrogens with zero attached hydrogens (tertiary/aromatic N) is 2. The Morgan fingerprint density at radius 1 is 1.50 bits per heavy atom. The molecule has 76 valence electrons. The van der Waals surface area contributed by atoms with Crippen LogP contribution in [0.3, 0.4) is 0 Å². The van der Waals surface area contributed by atoms with Gasteiger partial charge in [0.05, 0.1) is 11.4 Å². The van der Waals surface area contributed by atoms with Crippen LogP contribution in [0.4, 0.5) is 5.82 Å². The topological polar surface area (TPSA) is 113 Å². The van der Waals surface area contributed by atoms with Gasteiger partial charge in [0.1, 0.15) is 11.5 Å². The highest BCUT2D eigenvalue weighted by atomic mass is 16.1. The van der Waals surface area contributed by atoms with Gasteiger partial charge in [0.2, 0.25) is 0 Å². The summed E-state index contributed by atoms with van der Waals surface area (Å²) in [5.74, 6) is -0.265. The molecule has 0 atom stereocenters. The number of nitrogen functional groups attached to an aromatic ring is 1. The first-order chi connectivity index (χ1) is 6.43. The molecule has 0 radical (unpaired) electrons. The smallest absolute Gasteiger partial charge is 0.266 e. The van der Waals surface area contributed by atoms with Crippen LogP contribution in [0.25, 0.3) is 5.70 Å². The van der Waals surface area contributed by atoms with Crippen molar-refractivity contribution in [2.75, 3.05) is 5.73 Å². The van der Waals surface area contributed by atoms with E-state index in [1.54, 1.807) is 19.9 Å². The second-order valence-corrected chi connectivity index (χ2v) is 2.99. The van der Waals surface area contributed by atoms with Crippen LogP contribution in [0.1, 0.15) is 12.6 Å². The second kappa shape index (κ2) is 3.41. The largest absolute Gasteiger partial charge is 0.393 e. The van der Waals surface area contributed by atoms with Gasteiger partial charge in [0.25, 0.3) is 5.91 Å². The molecule has 0 bridgehead atoms. The molecule has 0 unspecified atom stereocenters. The van der Waals surface area contributed by atoms with Crippen LogP contribution in [0, 0.1) is 6.92 Å². The van der Waals surface area contributed by atoms with E-state index in [0.29, 0.717) is 11.5 Å². The van der Waals surface area contributed by atoms with Gasteiger partial charge in [0, 0.05) is 6.07 Å². The standard InChI is InChI=1S/C8H13N5O/c1-4-3-6(9)13(12-4)5(2)7(10)8(11)14/h3H,9-10H2,1-2H3,(H2,11,14)/b7-5-. The van der Waals surface area contributed by atoms with Crippen molar-refractivity contribution in [3.8, 4) is 0 Å². The SMILES string of the molecule is C/C(=C(/N)C(N)=O)n1nc(C)cc1N. The van der Waals surface area contributed by atoms with Crippen LogP contribution in [-0.2, 0) is 4.79 Å². The molecule has 6 nitrogen and oxygen atoms in total. The van der Waals surface area contributed by atoms with E-state index >= 15 is 0 Å². The molecule has 1 rings (SSSR count). The Morgan fingerprint density at radius 2 is 2.07 bits per heavy atom. The summed E-state index contributed by atoms with van der Waals surface area (Å²) in [4.78, 5) is 10.8. The molecule has 1 heterocycles. The highest BCUT2D eigenvalue weighted by Crippen LogP contribution is 2.13. The lowest BCUT2D eigenvalue weighted by atomic mass is 10.3. The first-order valence-corrected chi connectivity index (χ1v) is 4.02. The average molecular weight is 195 g/mol. The number of hydrogen-bond donors (Lipinski definition) is 3. The molecule has 14 heavy (non-hydrogen) atoms. The number of aryl methyl sites for hydroxylation is 1. The predicted octanol–water partition coefficient (Wildman–Crippen LogP) is -0.594. The minimum Gasteiger partial charge on any atom is -0.393 e. The molecular formula is C8H13N5O. The lowest BCUT2D eigenvalue weighted by molar-refractivity contribution is -0.114. The van der Waals surface area contributed by atoms with Crippen LogP contribution in [0.2, 0.25) is 0 Å². The van der Waals surface area contributed by atoms with Gasteiger partial charge in [-0.25, -0.2) is 4.68 Å². The third-order valence-electron chi connectivity index (χ3n) is 1.83. The lowest BCUT2D eigenvalue weighted by Crippen LogP contribution is -2.23. The first-order valence-electron chi connectivity index (χ1n) is 4.02. The maximum Gasteiger partial charge on any atom is 0.266 e. The van der Waals surface area contributed by atoms with Crippen LogP contribution in [0.15, 0.2) is 11.8 Å². The predicted molar refractivity (Wildman–Crippen MR) is 53.6 cm³/mol. The lowest BCUT2D eigenvalue weighted by Gasteiger charge is -2.06. The van der Waals surface area contributed by atoms with E-state index in [1.165, 1.54) is 4.68 Å². The number of amides is 1. The summed E-state index contributed by atoms with van der Waals surface area (Å²) in [6.45, 7) is 3.42. The molecule has 0 aliphatic heterocycles. The van der Waals surface area contributed by atoms with Crippen molar-refractivity contribution in [2.24, 2.45) is 11.5 Å². The molecule has 0 aliphatic carbocycles. The number of aromatic nitrogens is 2. The van der Waals surface area contributed by atoms with Crippen molar-refractivity contribution in [3.05, 3.63) is 17.5 Å². The Kier molecular flexibility index (Phi) is 2.46. The summed E-state index contributed by atoms with van der Waals surface area (Å²) in [5, 5.41) is 4.06. The van der Waals surface area contributed by atoms with E-state index in [2.05, 4.69) is 5.10 Å². The van der Waals surface area contributed by atoms with Gasteiger partial charge in [-0.15, -0.1) is 0 Å². The van der Waals surface area contributed by atoms with E-state index in [4.69, 9.17) is 17.2 Å². The number of nitrogens with two attached hydrogens (primary N) is 3. The molecule has 0 spiro atoms. The molecule has 0 saturated carbocycles. The number of carbonyl (C=O) groups excluding carboxylic acids is 1. The fourth-order valence-corrected chi connectivity index (χ4v) is 1.08. The zero-order valence-corrected chi connectivity index (χ0v) is 8.11. The summed E-state index contributed by atoms with van der Waals surface area (Å²) in [6.07, 6.45) is 0. The molecule has 1 aromatic rings. The Morgan fingerprint density at radius 3 is 2.43 bits per heavy atom. The molecule has 0 fully saturated rings. The monoisotopic (exact) mass is 195 g/mol. The number of carbonyl (C=O) groups is 1. The minimum atomic E-state index is -0.685. The summed E-state index contributed by atoms with van der Waals surface area (Å²) in [7, 11) is 0. The number of rotatable bonds is 2. The quantitative estimate of drug-likeness (QED) is 0.547. The van der Waals surface area contributed by atoms with Gasteiger partial charge in [-0.2, -0.15) is 5.10 Å². The number of allylic oxidation sites excluding steroid dienone is 1. The maximum atomic E-state index is 10.8. The van der Waals surface area contributed by atoms with Crippen molar-refractivity contribution in [1.29, 1.82) is 0 Å². The summed E-state index contributed by atoms with van der Waals surface area (Å²) >= 11 is 0. The van der Waals surface area contributed by atoms with E-state index in [0.717, 1.165) is 5.69 Å². The summed E-state index contributed by atoms with van der Waals surface area (Å²) in [5.41, 5.74) is 17.3. The minimum absolute atomic E-state index is 0.0419. The molecule has 1 amide bonds. The normalized spacial score (nSPS) is 12.4. The highest BCUT2D eigenvalue weighted by molar-refractivity contribution is 5.96. The van der Waals surface area contributed by atoms with Crippen LogP contribution >= 0.6 is 0 Å². The van der Waals surface area contributed by atoms with Gasteiger partial charge >= 0.3 is 0 Å². The highest BCUT2D eigenvalue weighted by Gasteiger charge is 2.09. The van der Waals surface area contributed by atoms with Crippen molar-refractivity contribution >= 4 is 17.4 Å². The average Bonchev–Trinajstić information content (AvgIpc) is 2.42. The Hall–Kier alpha value is -1.98. The maximum absolute atomic E-state index is 10.8. The van der Waals surface area contributed by atoms with E-state index < -0.39 is 5.91 Å².